The Labute approximate surface area is 95.1 Å². The van der Waals surface area contributed by atoms with Crippen molar-refractivity contribution in [2.75, 3.05) is 6.54 Å². The van der Waals surface area contributed by atoms with E-state index in [-0.39, 0.29) is 37.3 Å². The average Bonchev–Trinajstić information content (AvgIpc) is 2.16. The van der Waals surface area contributed by atoms with E-state index in [0.717, 1.165) is 5.56 Å². The number of halogens is 2. The maximum Gasteiger partial charge on any atom is 0.234 e. The zero-order chi connectivity index (χ0) is 8.81. The summed E-state index contributed by atoms with van der Waals surface area (Å²) in [5, 5.41) is 2.64. The fraction of sp³-hybridized carbons (Fsp3) is 0.250. The number of hydrogen-bond donors (Lipinski definition) is 2. The van der Waals surface area contributed by atoms with Crippen LogP contribution in [0.1, 0.15) is 5.56 Å². The predicted molar refractivity (Wildman–Crippen MR) is 59.6 cm³/mol. The summed E-state index contributed by atoms with van der Waals surface area (Å²) in [4.78, 5) is 14.6. The van der Waals surface area contributed by atoms with E-state index in [1.807, 2.05) is 12.1 Å². The van der Waals surface area contributed by atoms with Crippen LogP contribution in [0, 0.1) is 0 Å². The summed E-state index contributed by atoms with van der Waals surface area (Å²) >= 11 is 0. The monoisotopic (exact) mass is 237 g/mol. The Kier molecular flexibility index (Phi) is 9.76. The molecule has 0 aromatic carbocycles. The molecule has 6 heteroatoms. The van der Waals surface area contributed by atoms with Crippen LogP contribution in [0.2, 0.25) is 0 Å². The van der Waals surface area contributed by atoms with E-state index in [4.69, 9.17) is 5.73 Å². The molecule has 0 aliphatic carbocycles. The molecule has 1 heterocycles. The van der Waals surface area contributed by atoms with Gasteiger partial charge in [0.2, 0.25) is 5.91 Å². The van der Waals surface area contributed by atoms with Crippen LogP contribution >= 0.6 is 24.8 Å². The van der Waals surface area contributed by atoms with Crippen molar-refractivity contribution in [2.24, 2.45) is 5.73 Å². The lowest BCUT2D eigenvalue weighted by Gasteiger charge is -2.01. The van der Waals surface area contributed by atoms with Crippen LogP contribution in [0.3, 0.4) is 0 Å². The molecule has 14 heavy (non-hydrogen) atoms. The summed E-state index contributed by atoms with van der Waals surface area (Å²) in [5.41, 5.74) is 6.08. The summed E-state index contributed by atoms with van der Waals surface area (Å²) in [6.07, 6.45) is 3.39. The minimum Gasteiger partial charge on any atom is -0.351 e. The molecule has 0 aliphatic rings. The SMILES string of the molecule is Cl.Cl.NCC(=O)NCc1cccnc1. The number of carbonyl (C=O) groups excluding carboxylic acids is 1. The second-order valence-corrected chi connectivity index (χ2v) is 2.34. The smallest absolute Gasteiger partial charge is 0.234 e. The van der Waals surface area contributed by atoms with Crippen molar-refractivity contribution < 1.29 is 4.79 Å². The third kappa shape index (κ3) is 5.75. The number of nitrogens with zero attached hydrogens (tertiary/aromatic N) is 1. The van der Waals surface area contributed by atoms with Gasteiger partial charge in [0.1, 0.15) is 0 Å². The second-order valence-electron chi connectivity index (χ2n) is 2.34. The van der Waals surface area contributed by atoms with E-state index >= 15 is 0 Å². The van der Waals surface area contributed by atoms with Gasteiger partial charge in [0, 0.05) is 18.9 Å². The summed E-state index contributed by atoms with van der Waals surface area (Å²) in [6.45, 7) is 0.518. The van der Waals surface area contributed by atoms with Crippen molar-refractivity contribution in [2.45, 2.75) is 6.54 Å². The highest BCUT2D eigenvalue weighted by Gasteiger charge is 1.96. The molecule has 1 amide bonds. The average molecular weight is 238 g/mol. The molecule has 0 aliphatic heterocycles. The fourth-order valence-electron chi connectivity index (χ4n) is 0.776. The van der Waals surface area contributed by atoms with Crippen LogP contribution in [0.15, 0.2) is 24.5 Å². The first-order valence-electron chi connectivity index (χ1n) is 3.68. The van der Waals surface area contributed by atoms with Crippen molar-refractivity contribution in [1.82, 2.24) is 10.3 Å². The Morgan fingerprint density at radius 1 is 1.50 bits per heavy atom. The summed E-state index contributed by atoms with van der Waals surface area (Å²) in [7, 11) is 0. The first-order chi connectivity index (χ1) is 5.83. The molecule has 0 fully saturated rings. The first-order valence-corrected chi connectivity index (χ1v) is 3.68. The van der Waals surface area contributed by atoms with E-state index in [1.54, 1.807) is 12.4 Å². The van der Waals surface area contributed by atoms with Gasteiger partial charge in [-0.05, 0) is 11.6 Å². The molecule has 0 spiro atoms. The van der Waals surface area contributed by atoms with E-state index in [2.05, 4.69) is 10.3 Å². The number of nitrogens with one attached hydrogen (secondary N) is 1. The van der Waals surface area contributed by atoms with Crippen molar-refractivity contribution in [3.63, 3.8) is 0 Å². The number of nitrogens with two attached hydrogens (primary N) is 1. The minimum absolute atomic E-state index is 0. The Bertz CT molecular complexity index is 256. The van der Waals surface area contributed by atoms with E-state index < -0.39 is 0 Å². The van der Waals surface area contributed by atoms with Crippen molar-refractivity contribution in [3.05, 3.63) is 30.1 Å². The number of aromatic nitrogens is 1. The van der Waals surface area contributed by atoms with Gasteiger partial charge < -0.3 is 11.1 Å². The lowest BCUT2D eigenvalue weighted by atomic mass is 10.3. The topological polar surface area (TPSA) is 68.0 Å². The molecule has 0 radical (unpaired) electrons. The van der Waals surface area contributed by atoms with E-state index in [0.29, 0.717) is 6.54 Å². The normalized spacial score (nSPS) is 8.07. The van der Waals surface area contributed by atoms with Crippen LogP contribution in [0.5, 0.6) is 0 Å². The van der Waals surface area contributed by atoms with Gasteiger partial charge in [-0.2, -0.15) is 0 Å². The van der Waals surface area contributed by atoms with Gasteiger partial charge in [-0.1, -0.05) is 6.07 Å². The number of amides is 1. The minimum atomic E-state index is -0.154. The van der Waals surface area contributed by atoms with Gasteiger partial charge in [0.25, 0.3) is 0 Å². The molecule has 0 saturated carbocycles. The lowest BCUT2D eigenvalue weighted by Crippen LogP contribution is -2.29. The Hall–Kier alpha value is -0.840. The van der Waals surface area contributed by atoms with Gasteiger partial charge in [0.05, 0.1) is 6.54 Å². The lowest BCUT2D eigenvalue weighted by molar-refractivity contribution is -0.119. The van der Waals surface area contributed by atoms with Crippen LogP contribution < -0.4 is 11.1 Å². The third-order valence-corrected chi connectivity index (χ3v) is 1.40. The fourth-order valence-corrected chi connectivity index (χ4v) is 0.776. The third-order valence-electron chi connectivity index (χ3n) is 1.40. The number of hydrogen-bond acceptors (Lipinski definition) is 3. The maximum atomic E-state index is 10.7. The highest BCUT2D eigenvalue weighted by atomic mass is 35.5. The molecular formula is C8H13Cl2N3O. The first kappa shape index (κ1) is 15.6. The van der Waals surface area contributed by atoms with Crippen LogP contribution in [-0.2, 0) is 11.3 Å². The van der Waals surface area contributed by atoms with Crippen molar-refractivity contribution >= 4 is 30.7 Å². The Balaban J connectivity index is 0. The quantitative estimate of drug-likeness (QED) is 0.805. The highest BCUT2D eigenvalue weighted by Crippen LogP contribution is 1.93. The molecule has 0 atom stereocenters. The second kappa shape index (κ2) is 8.74. The Morgan fingerprint density at radius 2 is 2.21 bits per heavy atom. The predicted octanol–water partition coefficient (Wildman–Crippen LogP) is 0.500. The van der Waals surface area contributed by atoms with Crippen LogP contribution in [-0.4, -0.2) is 17.4 Å². The van der Waals surface area contributed by atoms with E-state index in [9.17, 15) is 4.79 Å². The maximum absolute atomic E-state index is 10.7. The van der Waals surface area contributed by atoms with Crippen molar-refractivity contribution in [3.8, 4) is 0 Å². The Morgan fingerprint density at radius 3 is 2.71 bits per heavy atom. The number of rotatable bonds is 3. The molecule has 4 nitrogen and oxygen atoms in total. The van der Waals surface area contributed by atoms with Gasteiger partial charge >= 0.3 is 0 Å². The molecule has 1 aromatic rings. The number of pyridine rings is 1. The van der Waals surface area contributed by atoms with E-state index in [1.165, 1.54) is 0 Å². The zero-order valence-electron chi connectivity index (χ0n) is 7.47. The summed E-state index contributed by atoms with van der Waals surface area (Å²) < 4.78 is 0. The standard InChI is InChI=1S/C8H11N3O.2ClH/c9-4-8(12)11-6-7-2-1-3-10-5-7;;/h1-3,5H,4,6,9H2,(H,11,12);2*1H. The van der Waals surface area contributed by atoms with Gasteiger partial charge in [-0.3, -0.25) is 9.78 Å². The molecule has 0 bridgehead atoms. The highest BCUT2D eigenvalue weighted by molar-refractivity contribution is 5.85. The summed E-state index contributed by atoms with van der Waals surface area (Å²) in [6, 6.07) is 3.72. The molecular weight excluding hydrogens is 225 g/mol. The molecule has 1 aromatic heterocycles. The molecule has 3 N–H and O–H groups in total. The summed E-state index contributed by atoms with van der Waals surface area (Å²) in [5.74, 6) is -0.154. The van der Waals surface area contributed by atoms with Gasteiger partial charge in [-0.25, -0.2) is 0 Å². The molecule has 0 unspecified atom stereocenters. The van der Waals surface area contributed by atoms with Crippen molar-refractivity contribution in [1.29, 1.82) is 0 Å². The molecule has 80 valence electrons. The van der Waals surface area contributed by atoms with Gasteiger partial charge in [0.15, 0.2) is 0 Å². The number of carbonyl (C=O) groups is 1. The molecule has 1 rings (SSSR count). The zero-order valence-corrected chi connectivity index (χ0v) is 9.11. The molecule has 0 saturated heterocycles. The van der Waals surface area contributed by atoms with Crippen LogP contribution in [0.25, 0.3) is 0 Å². The van der Waals surface area contributed by atoms with Gasteiger partial charge in [-0.15, -0.1) is 24.8 Å². The largest absolute Gasteiger partial charge is 0.351 e. The van der Waals surface area contributed by atoms with Crippen LogP contribution in [0.4, 0.5) is 0 Å².